The lowest BCUT2D eigenvalue weighted by Gasteiger charge is -2.09. The molecule has 4 nitrogen and oxygen atoms in total. The van der Waals surface area contributed by atoms with Gasteiger partial charge in [-0.25, -0.2) is 0 Å². The lowest BCUT2D eigenvalue weighted by Crippen LogP contribution is -2.15. The molecule has 0 atom stereocenters. The van der Waals surface area contributed by atoms with Gasteiger partial charge < -0.3 is 9.30 Å². The molecule has 2 aromatic rings. The van der Waals surface area contributed by atoms with E-state index in [9.17, 15) is 9.59 Å². The molecule has 0 unspecified atom stereocenters. The van der Waals surface area contributed by atoms with Gasteiger partial charge in [-0.15, -0.1) is 0 Å². The molecular weight excluding hydrogens is 286 g/mol. The molecular formula is C12H10BrNO3. The van der Waals surface area contributed by atoms with Gasteiger partial charge in [-0.1, -0.05) is 15.9 Å². The predicted molar refractivity (Wildman–Crippen MR) is 67.9 cm³/mol. The van der Waals surface area contributed by atoms with Gasteiger partial charge in [-0.3, -0.25) is 9.59 Å². The average Bonchev–Trinajstić information content (AvgIpc) is 2.33. The third-order valence-corrected chi connectivity index (χ3v) is 2.96. The van der Waals surface area contributed by atoms with Gasteiger partial charge >= 0.3 is 5.97 Å². The molecule has 1 aromatic carbocycles. The predicted octanol–water partition coefficient (Wildman–Crippen LogP) is 1.94. The average molecular weight is 296 g/mol. The van der Waals surface area contributed by atoms with Crippen LogP contribution >= 0.6 is 15.9 Å². The summed E-state index contributed by atoms with van der Waals surface area (Å²) in [5, 5.41) is 0.575. The number of carbonyl (C=O) groups excluding carboxylic acids is 1. The van der Waals surface area contributed by atoms with Gasteiger partial charge in [0.2, 0.25) is 0 Å². The Bertz CT molecular complexity index is 633. The van der Waals surface area contributed by atoms with Crippen LogP contribution in [-0.4, -0.2) is 17.6 Å². The molecule has 0 saturated carbocycles. The van der Waals surface area contributed by atoms with E-state index in [1.807, 2.05) is 6.07 Å². The van der Waals surface area contributed by atoms with Crippen molar-refractivity contribution in [3.05, 3.63) is 45.2 Å². The molecule has 0 fully saturated rings. The molecule has 0 aliphatic rings. The van der Waals surface area contributed by atoms with Gasteiger partial charge in [0.1, 0.15) is 6.54 Å². The first-order chi connectivity index (χ1) is 8.11. The van der Waals surface area contributed by atoms with Crippen molar-refractivity contribution in [1.29, 1.82) is 0 Å². The Morgan fingerprint density at radius 2 is 2.18 bits per heavy atom. The van der Waals surface area contributed by atoms with Gasteiger partial charge in [0, 0.05) is 22.1 Å². The van der Waals surface area contributed by atoms with E-state index in [4.69, 9.17) is 0 Å². The van der Waals surface area contributed by atoms with E-state index in [0.29, 0.717) is 10.9 Å². The molecule has 0 bridgehead atoms. The summed E-state index contributed by atoms with van der Waals surface area (Å²) in [5.74, 6) is -0.349. The fourth-order valence-electron chi connectivity index (χ4n) is 1.63. The van der Waals surface area contributed by atoms with Crippen LogP contribution in [0.3, 0.4) is 0 Å². The molecule has 0 aliphatic carbocycles. The molecule has 0 N–H and O–H groups in total. The highest BCUT2D eigenvalue weighted by Crippen LogP contribution is 2.16. The number of benzene rings is 1. The van der Waals surface area contributed by atoms with E-state index >= 15 is 0 Å². The van der Waals surface area contributed by atoms with E-state index < -0.39 is 0 Å². The lowest BCUT2D eigenvalue weighted by atomic mass is 10.2. The van der Waals surface area contributed by atoms with Gasteiger partial charge in [0.15, 0.2) is 5.43 Å². The van der Waals surface area contributed by atoms with Crippen LogP contribution in [0.4, 0.5) is 0 Å². The molecule has 17 heavy (non-hydrogen) atoms. The highest BCUT2D eigenvalue weighted by molar-refractivity contribution is 9.10. The second kappa shape index (κ2) is 4.71. The standard InChI is InChI=1S/C12H10BrNO3/c1-17-12(16)7-14-5-4-11(15)9-6-8(13)2-3-10(9)14/h2-6H,7H2,1H3. The number of nitrogens with zero attached hydrogens (tertiary/aromatic N) is 1. The maximum absolute atomic E-state index is 11.7. The van der Waals surface area contributed by atoms with Crippen molar-refractivity contribution >= 4 is 32.8 Å². The van der Waals surface area contributed by atoms with E-state index in [-0.39, 0.29) is 17.9 Å². The topological polar surface area (TPSA) is 48.3 Å². The van der Waals surface area contributed by atoms with Crippen molar-refractivity contribution in [3.63, 3.8) is 0 Å². The van der Waals surface area contributed by atoms with Crippen molar-refractivity contribution in [2.24, 2.45) is 0 Å². The SMILES string of the molecule is COC(=O)Cn1ccc(=O)c2cc(Br)ccc21. The Balaban J connectivity index is 2.62. The number of ether oxygens (including phenoxy) is 1. The third kappa shape index (κ3) is 2.39. The largest absolute Gasteiger partial charge is 0.468 e. The number of esters is 1. The number of carbonyl (C=O) groups is 1. The second-order valence-corrected chi connectivity index (χ2v) is 4.46. The molecule has 0 amide bonds. The molecule has 0 spiro atoms. The molecule has 0 radical (unpaired) electrons. The van der Waals surface area contributed by atoms with Crippen LogP contribution in [0.5, 0.6) is 0 Å². The Hall–Kier alpha value is -1.62. The van der Waals surface area contributed by atoms with Gasteiger partial charge in [-0.2, -0.15) is 0 Å². The van der Waals surface area contributed by atoms with Crippen LogP contribution in [0.2, 0.25) is 0 Å². The number of methoxy groups -OCH3 is 1. The number of hydrogen-bond acceptors (Lipinski definition) is 3. The summed E-state index contributed by atoms with van der Waals surface area (Å²) in [7, 11) is 1.34. The zero-order chi connectivity index (χ0) is 12.4. The smallest absolute Gasteiger partial charge is 0.325 e. The maximum Gasteiger partial charge on any atom is 0.325 e. The monoisotopic (exact) mass is 295 g/mol. The lowest BCUT2D eigenvalue weighted by molar-refractivity contribution is -0.141. The summed E-state index contributed by atoms with van der Waals surface area (Å²) in [5.41, 5.74) is 0.647. The second-order valence-electron chi connectivity index (χ2n) is 3.55. The summed E-state index contributed by atoms with van der Waals surface area (Å²) in [6, 6.07) is 6.81. The number of pyridine rings is 1. The van der Waals surface area contributed by atoms with Crippen LogP contribution in [0, 0.1) is 0 Å². The molecule has 5 heteroatoms. The number of rotatable bonds is 2. The minimum atomic E-state index is -0.349. The summed E-state index contributed by atoms with van der Waals surface area (Å²) in [6.07, 6.45) is 1.59. The first-order valence-electron chi connectivity index (χ1n) is 4.97. The Morgan fingerprint density at radius 3 is 2.88 bits per heavy atom. The number of halogens is 1. The van der Waals surface area contributed by atoms with Crippen molar-refractivity contribution in [1.82, 2.24) is 4.57 Å². The highest BCUT2D eigenvalue weighted by Gasteiger charge is 2.07. The highest BCUT2D eigenvalue weighted by atomic mass is 79.9. The van der Waals surface area contributed by atoms with E-state index in [0.717, 1.165) is 4.47 Å². The zero-order valence-corrected chi connectivity index (χ0v) is 10.7. The maximum atomic E-state index is 11.7. The van der Waals surface area contributed by atoms with Crippen LogP contribution in [0.1, 0.15) is 0 Å². The molecule has 1 heterocycles. The van der Waals surface area contributed by atoms with Crippen LogP contribution in [0.25, 0.3) is 10.9 Å². The molecule has 0 saturated heterocycles. The third-order valence-electron chi connectivity index (χ3n) is 2.47. The quantitative estimate of drug-likeness (QED) is 0.796. The van der Waals surface area contributed by atoms with E-state index in [1.54, 1.807) is 22.9 Å². The molecule has 88 valence electrons. The van der Waals surface area contributed by atoms with Crippen LogP contribution in [0.15, 0.2) is 39.7 Å². The van der Waals surface area contributed by atoms with Crippen molar-refractivity contribution in [3.8, 4) is 0 Å². The normalized spacial score (nSPS) is 10.5. The van der Waals surface area contributed by atoms with Gasteiger partial charge in [0.05, 0.1) is 12.6 Å². The first-order valence-corrected chi connectivity index (χ1v) is 5.76. The number of fused-ring (bicyclic) bond motifs is 1. The zero-order valence-electron chi connectivity index (χ0n) is 9.14. The molecule has 0 aliphatic heterocycles. The van der Waals surface area contributed by atoms with Crippen molar-refractivity contribution < 1.29 is 9.53 Å². The van der Waals surface area contributed by atoms with Crippen molar-refractivity contribution in [2.45, 2.75) is 6.54 Å². The van der Waals surface area contributed by atoms with E-state index in [1.165, 1.54) is 13.2 Å². The van der Waals surface area contributed by atoms with E-state index in [2.05, 4.69) is 20.7 Å². The van der Waals surface area contributed by atoms with Gasteiger partial charge in [0.25, 0.3) is 0 Å². The molecule has 2 rings (SSSR count). The summed E-state index contributed by atoms with van der Waals surface area (Å²) >= 11 is 3.32. The van der Waals surface area contributed by atoms with Crippen LogP contribution < -0.4 is 5.43 Å². The summed E-state index contributed by atoms with van der Waals surface area (Å²) < 4.78 is 7.13. The Morgan fingerprint density at radius 1 is 1.41 bits per heavy atom. The molecule has 1 aromatic heterocycles. The number of hydrogen-bond donors (Lipinski definition) is 0. The Kier molecular flexibility index (Phi) is 3.28. The van der Waals surface area contributed by atoms with Gasteiger partial charge in [-0.05, 0) is 18.2 Å². The van der Waals surface area contributed by atoms with Crippen molar-refractivity contribution in [2.75, 3.05) is 7.11 Å². The fraction of sp³-hybridized carbons (Fsp3) is 0.167. The number of aromatic nitrogens is 1. The minimum Gasteiger partial charge on any atom is -0.468 e. The first kappa shape index (κ1) is 11.9. The summed E-state index contributed by atoms with van der Waals surface area (Å²) in [6.45, 7) is 0.0922. The minimum absolute atomic E-state index is 0.0672. The Labute approximate surface area is 106 Å². The fourth-order valence-corrected chi connectivity index (χ4v) is 1.99. The van der Waals surface area contributed by atoms with Crippen LogP contribution in [-0.2, 0) is 16.1 Å². The summed E-state index contributed by atoms with van der Waals surface area (Å²) in [4.78, 5) is 22.9.